The van der Waals surface area contributed by atoms with Gasteiger partial charge in [-0.05, 0) is 25.5 Å². The second-order valence-electron chi connectivity index (χ2n) is 2.72. The number of benzene rings is 1. The minimum absolute atomic E-state index is 0.818. The van der Waals surface area contributed by atoms with Crippen molar-refractivity contribution in [2.24, 2.45) is 0 Å². The maximum atomic E-state index is 5.33. The first-order valence-electron chi connectivity index (χ1n) is 4.19. The first kappa shape index (κ1) is 9.62. The Labute approximate surface area is 78.3 Å². The predicted molar refractivity (Wildman–Crippen MR) is 53.3 cm³/mol. The predicted octanol–water partition coefficient (Wildman–Crippen LogP) is 3.43. The summed E-state index contributed by atoms with van der Waals surface area (Å²) >= 11 is 1.45. The topological polar surface area (TPSA) is 9.23 Å². The molecule has 0 N–H and O–H groups in total. The molecule has 0 aliphatic carbocycles. The van der Waals surface area contributed by atoms with Crippen molar-refractivity contribution < 1.29 is 4.18 Å². The van der Waals surface area contributed by atoms with Crippen LogP contribution in [0, 0.1) is 6.92 Å². The van der Waals surface area contributed by atoms with Crippen LogP contribution in [0.25, 0.3) is 0 Å². The fourth-order valence-corrected chi connectivity index (χ4v) is 1.42. The summed E-state index contributed by atoms with van der Waals surface area (Å²) < 4.78 is 5.33. The summed E-state index contributed by atoms with van der Waals surface area (Å²) in [6, 6.07) is 8.35. The van der Waals surface area contributed by atoms with Gasteiger partial charge in [0.1, 0.15) is 0 Å². The third kappa shape index (κ3) is 3.28. The average Bonchev–Trinajstić information content (AvgIpc) is 2.09. The second kappa shape index (κ2) is 5.22. The summed E-state index contributed by atoms with van der Waals surface area (Å²) in [6.07, 6.45) is 1.07. The maximum absolute atomic E-state index is 5.33. The molecule has 0 amide bonds. The van der Waals surface area contributed by atoms with Gasteiger partial charge >= 0.3 is 0 Å². The highest BCUT2D eigenvalue weighted by Gasteiger charge is 1.92. The zero-order valence-electron chi connectivity index (χ0n) is 7.54. The van der Waals surface area contributed by atoms with E-state index in [-0.39, 0.29) is 0 Å². The molecule has 0 aromatic heterocycles. The Morgan fingerprint density at radius 2 is 1.92 bits per heavy atom. The Balaban J connectivity index is 2.37. The van der Waals surface area contributed by atoms with E-state index in [4.69, 9.17) is 4.18 Å². The van der Waals surface area contributed by atoms with E-state index in [2.05, 4.69) is 38.1 Å². The molecule has 0 spiro atoms. The number of rotatable bonds is 4. The Hall–Kier alpha value is -0.470. The zero-order chi connectivity index (χ0) is 8.81. The van der Waals surface area contributed by atoms with Crippen LogP contribution in [0.3, 0.4) is 0 Å². The van der Waals surface area contributed by atoms with Gasteiger partial charge in [0.2, 0.25) is 0 Å². The summed E-state index contributed by atoms with van der Waals surface area (Å²) in [6.45, 7) is 5.01. The molecule has 0 fully saturated rings. The molecule has 0 aliphatic heterocycles. The molecule has 0 radical (unpaired) electrons. The summed E-state index contributed by atoms with van der Waals surface area (Å²) in [7, 11) is 0. The van der Waals surface area contributed by atoms with Gasteiger partial charge in [0.05, 0.1) is 6.61 Å². The molecule has 12 heavy (non-hydrogen) atoms. The first-order valence-corrected chi connectivity index (χ1v) is 4.93. The molecule has 0 atom stereocenters. The van der Waals surface area contributed by atoms with Gasteiger partial charge in [-0.1, -0.05) is 24.6 Å². The van der Waals surface area contributed by atoms with Crippen LogP contribution in [-0.2, 0) is 4.18 Å². The number of hydrogen-bond acceptors (Lipinski definition) is 2. The molecule has 1 aromatic carbocycles. The van der Waals surface area contributed by atoms with E-state index in [1.165, 1.54) is 22.5 Å². The van der Waals surface area contributed by atoms with Gasteiger partial charge in [-0.3, -0.25) is 0 Å². The van der Waals surface area contributed by atoms with Crippen molar-refractivity contribution >= 4 is 12.0 Å². The lowest BCUT2D eigenvalue weighted by molar-refractivity contribution is 0.373. The van der Waals surface area contributed by atoms with Crippen molar-refractivity contribution in [3.05, 3.63) is 29.8 Å². The van der Waals surface area contributed by atoms with Gasteiger partial charge in [0, 0.05) is 16.9 Å². The highest BCUT2D eigenvalue weighted by atomic mass is 32.2. The quantitative estimate of drug-likeness (QED) is 0.521. The number of aryl methyl sites for hydroxylation is 1. The lowest BCUT2D eigenvalue weighted by atomic mass is 10.2. The monoisotopic (exact) mass is 182 g/mol. The van der Waals surface area contributed by atoms with Crippen LogP contribution in [0.5, 0.6) is 0 Å². The summed E-state index contributed by atoms with van der Waals surface area (Å²) in [5.41, 5.74) is 1.29. The maximum Gasteiger partial charge on any atom is 0.0615 e. The molecule has 0 saturated carbocycles. The second-order valence-corrected chi connectivity index (χ2v) is 3.59. The van der Waals surface area contributed by atoms with Crippen LogP contribution in [-0.4, -0.2) is 6.61 Å². The van der Waals surface area contributed by atoms with Crippen molar-refractivity contribution in [1.82, 2.24) is 0 Å². The molecule has 0 aliphatic rings. The third-order valence-corrected chi connectivity index (χ3v) is 2.21. The molecule has 1 rings (SSSR count). The van der Waals surface area contributed by atoms with Crippen molar-refractivity contribution in [2.75, 3.05) is 6.61 Å². The van der Waals surface area contributed by atoms with Gasteiger partial charge in [0.15, 0.2) is 0 Å². The molecule has 2 heteroatoms. The minimum Gasteiger partial charge on any atom is -0.310 e. The van der Waals surface area contributed by atoms with Gasteiger partial charge in [0.25, 0.3) is 0 Å². The third-order valence-electron chi connectivity index (χ3n) is 1.46. The van der Waals surface area contributed by atoms with E-state index in [1.54, 1.807) is 0 Å². The van der Waals surface area contributed by atoms with Crippen LogP contribution in [0.15, 0.2) is 29.2 Å². The Morgan fingerprint density at radius 1 is 1.25 bits per heavy atom. The lowest BCUT2D eigenvalue weighted by Gasteiger charge is -2.00. The zero-order valence-corrected chi connectivity index (χ0v) is 8.36. The van der Waals surface area contributed by atoms with Crippen molar-refractivity contribution in [1.29, 1.82) is 0 Å². The highest BCUT2D eigenvalue weighted by Crippen LogP contribution is 2.19. The van der Waals surface area contributed by atoms with Crippen molar-refractivity contribution in [3.8, 4) is 0 Å². The van der Waals surface area contributed by atoms with Crippen LogP contribution in [0.2, 0.25) is 0 Å². The van der Waals surface area contributed by atoms with Crippen molar-refractivity contribution in [2.45, 2.75) is 25.2 Å². The molecule has 1 aromatic rings. The van der Waals surface area contributed by atoms with E-state index in [0.29, 0.717) is 0 Å². The van der Waals surface area contributed by atoms with E-state index >= 15 is 0 Å². The molecule has 66 valence electrons. The van der Waals surface area contributed by atoms with E-state index in [0.717, 1.165) is 13.0 Å². The highest BCUT2D eigenvalue weighted by molar-refractivity contribution is 7.94. The average molecular weight is 182 g/mol. The largest absolute Gasteiger partial charge is 0.310 e. The Kier molecular flexibility index (Phi) is 4.19. The van der Waals surface area contributed by atoms with E-state index in [9.17, 15) is 0 Å². The van der Waals surface area contributed by atoms with Crippen molar-refractivity contribution in [3.63, 3.8) is 0 Å². The lowest BCUT2D eigenvalue weighted by Crippen LogP contribution is -1.82. The molecule has 0 saturated heterocycles. The molecule has 0 unspecified atom stereocenters. The van der Waals surface area contributed by atoms with Crippen LogP contribution >= 0.6 is 12.0 Å². The summed E-state index contributed by atoms with van der Waals surface area (Å²) in [5.74, 6) is 0. The Morgan fingerprint density at radius 3 is 2.50 bits per heavy atom. The van der Waals surface area contributed by atoms with Crippen LogP contribution in [0.1, 0.15) is 18.9 Å². The van der Waals surface area contributed by atoms with E-state index < -0.39 is 0 Å². The summed E-state index contributed by atoms with van der Waals surface area (Å²) in [5, 5.41) is 0. The first-order chi connectivity index (χ1) is 5.83. The summed E-state index contributed by atoms with van der Waals surface area (Å²) in [4.78, 5) is 1.18. The standard InChI is InChI=1S/C10H14OS/c1-3-8-11-12-10-6-4-9(2)5-7-10/h4-7H,3,8H2,1-2H3. The SMILES string of the molecule is CCCOSc1ccc(C)cc1. The number of hydrogen-bond donors (Lipinski definition) is 0. The Bertz CT molecular complexity index is 218. The van der Waals surface area contributed by atoms with E-state index in [1.807, 2.05) is 0 Å². The fourth-order valence-electron chi connectivity index (χ4n) is 0.787. The molecular formula is C10H14OS. The normalized spacial score (nSPS) is 10.2. The van der Waals surface area contributed by atoms with Gasteiger partial charge in [-0.2, -0.15) is 0 Å². The molecule has 0 bridgehead atoms. The molecular weight excluding hydrogens is 168 g/mol. The minimum atomic E-state index is 0.818. The van der Waals surface area contributed by atoms with Gasteiger partial charge in [-0.25, -0.2) is 0 Å². The van der Waals surface area contributed by atoms with Crippen LogP contribution < -0.4 is 0 Å². The smallest absolute Gasteiger partial charge is 0.0615 e. The van der Waals surface area contributed by atoms with Gasteiger partial charge < -0.3 is 4.18 Å². The molecule has 1 nitrogen and oxygen atoms in total. The van der Waals surface area contributed by atoms with Crippen LogP contribution in [0.4, 0.5) is 0 Å². The fraction of sp³-hybridized carbons (Fsp3) is 0.400. The van der Waals surface area contributed by atoms with Gasteiger partial charge in [-0.15, -0.1) is 0 Å². The molecule has 0 heterocycles.